The third kappa shape index (κ3) is 8.33. The van der Waals surface area contributed by atoms with Crippen LogP contribution in [0.4, 0.5) is 11.4 Å². The molecule has 208 valence electrons. The van der Waals surface area contributed by atoms with Crippen molar-refractivity contribution in [2.24, 2.45) is 0 Å². The van der Waals surface area contributed by atoms with Crippen molar-refractivity contribution < 1.29 is 24.1 Å². The Morgan fingerprint density at radius 1 is 0.850 bits per heavy atom. The average molecular weight is 541 g/mol. The van der Waals surface area contributed by atoms with Crippen LogP contribution in [0.2, 0.25) is 0 Å². The number of ether oxygens (including phenoxy) is 3. The number of hydrogen-bond donors (Lipinski definition) is 3. The molecule has 0 fully saturated rings. The van der Waals surface area contributed by atoms with E-state index in [0.29, 0.717) is 37.6 Å². The van der Waals surface area contributed by atoms with Crippen LogP contribution in [0.15, 0.2) is 97.1 Å². The third-order valence-electron chi connectivity index (χ3n) is 6.37. The number of aliphatic hydroxyl groups excluding tert-OH is 1. The summed E-state index contributed by atoms with van der Waals surface area (Å²) >= 11 is 0. The van der Waals surface area contributed by atoms with Gasteiger partial charge in [0.05, 0.1) is 19.8 Å². The molecule has 0 saturated heterocycles. The van der Waals surface area contributed by atoms with Gasteiger partial charge in [0.1, 0.15) is 23.7 Å². The lowest BCUT2D eigenvalue weighted by Gasteiger charge is -2.16. The number of carbonyl (C=O) groups is 1. The third-order valence-corrected chi connectivity index (χ3v) is 6.37. The standard InChI is InChI=1S/C33H36N2O5/c1-3-39-29-16-14-28(15-17-29)35-27-12-9-24(10-13-27)19-20-34-22-31(36)26-11-18-32(30(21-26)33(37)38-2)40-23-25-7-5-4-6-8-25/h4-18,21,31,34-36H,3,19-20,22-23H2,1-2H3/t31-/m0/s1. The molecular weight excluding hydrogens is 504 g/mol. The quantitative estimate of drug-likeness (QED) is 0.132. The van der Waals surface area contributed by atoms with Crippen molar-refractivity contribution in [1.29, 1.82) is 0 Å². The van der Waals surface area contributed by atoms with Crippen LogP contribution in [-0.2, 0) is 17.8 Å². The fourth-order valence-electron chi connectivity index (χ4n) is 4.20. The zero-order valence-electron chi connectivity index (χ0n) is 22.9. The number of esters is 1. The van der Waals surface area contributed by atoms with Crippen LogP contribution in [-0.4, -0.2) is 37.9 Å². The van der Waals surface area contributed by atoms with Gasteiger partial charge in [-0.1, -0.05) is 48.5 Å². The average Bonchev–Trinajstić information content (AvgIpc) is 3.00. The summed E-state index contributed by atoms with van der Waals surface area (Å²) in [6, 6.07) is 31.0. The largest absolute Gasteiger partial charge is 0.494 e. The molecule has 0 amide bonds. The normalized spacial score (nSPS) is 11.5. The summed E-state index contributed by atoms with van der Waals surface area (Å²) in [5.41, 5.74) is 5.09. The minimum atomic E-state index is -0.785. The highest BCUT2D eigenvalue weighted by Gasteiger charge is 2.17. The number of aliphatic hydroxyl groups is 1. The van der Waals surface area contributed by atoms with Crippen molar-refractivity contribution >= 4 is 17.3 Å². The van der Waals surface area contributed by atoms with Crippen molar-refractivity contribution in [3.8, 4) is 11.5 Å². The Labute approximate surface area is 235 Å². The zero-order chi connectivity index (χ0) is 28.2. The Balaban J connectivity index is 1.25. The first kappa shape index (κ1) is 28.7. The molecule has 4 rings (SSSR count). The van der Waals surface area contributed by atoms with Crippen LogP contribution in [0.3, 0.4) is 0 Å². The number of hydrogen-bond acceptors (Lipinski definition) is 7. The fraction of sp³-hybridized carbons (Fsp3) is 0.242. The lowest BCUT2D eigenvalue weighted by atomic mass is 10.0. The Bertz CT molecular complexity index is 1340. The van der Waals surface area contributed by atoms with E-state index in [1.54, 1.807) is 18.2 Å². The van der Waals surface area contributed by atoms with Crippen LogP contribution in [0.25, 0.3) is 0 Å². The smallest absolute Gasteiger partial charge is 0.341 e. The number of benzene rings is 4. The summed E-state index contributed by atoms with van der Waals surface area (Å²) in [4.78, 5) is 12.4. The van der Waals surface area contributed by atoms with Gasteiger partial charge in [-0.3, -0.25) is 0 Å². The maximum Gasteiger partial charge on any atom is 0.341 e. The van der Waals surface area contributed by atoms with E-state index >= 15 is 0 Å². The van der Waals surface area contributed by atoms with Crippen LogP contribution in [0.5, 0.6) is 11.5 Å². The first-order valence-electron chi connectivity index (χ1n) is 13.4. The maximum absolute atomic E-state index is 12.4. The van der Waals surface area contributed by atoms with E-state index in [1.807, 2.05) is 61.5 Å². The molecule has 3 N–H and O–H groups in total. The first-order chi connectivity index (χ1) is 19.6. The summed E-state index contributed by atoms with van der Waals surface area (Å²) in [6.45, 7) is 3.99. The molecule has 7 nitrogen and oxygen atoms in total. The number of carbonyl (C=O) groups excluding carboxylic acids is 1. The molecule has 0 saturated carbocycles. The maximum atomic E-state index is 12.4. The van der Waals surface area contributed by atoms with E-state index in [1.165, 1.54) is 12.7 Å². The predicted octanol–water partition coefficient (Wildman–Crippen LogP) is 6.06. The van der Waals surface area contributed by atoms with Crippen LogP contribution in [0.1, 0.15) is 40.1 Å². The SMILES string of the molecule is CCOc1ccc(Nc2ccc(CCNC[C@H](O)c3ccc(OCc4ccccc4)c(C(=O)OC)c3)cc2)cc1. The van der Waals surface area contributed by atoms with Gasteiger partial charge in [-0.25, -0.2) is 4.79 Å². The molecule has 4 aromatic carbocycles. The summed E-state index contributed by atoms with van der Waals surface area (Å²) in [7, 11) is 1.33. The topological polar surface area (TPSA) is 89.0 Å². The van der Waals surface area contributed by atoms with Gasteiger partial charge < -0.3 is 30.0 Å². The minimum Gasteiger partial charge on any atom is -0.494 e. The number of rotatable bonds is 14. The molecule has 0 heterocycles. The molecule has 0 radical (unpaired) electrons. The van der Waals surface area contributed by atoms with Crippen LogP contribution < -0.4 is 20.1 Å². The van der Waals surface area contributed by atoms with E-state index in [9.17, 15) is 9.90 Å². The second kappa shape index (κ2) is 14.7. The van der Waals surface area contributed by atoms with Gasteiger partial charge in [0.2, 0.25) is 0 Å². The van der Waals surface area contributed by atoms with Crippen molar-refractivity contribution in [3.05, 3.63) is 119 Å². The first-order valence-corrected chi connectivity index (χ1v) is 13.4. The van der Waals surface area contributed by atoms with E-state index in [-0.39, 0.29) is 5.56 Å². The van der Waals surface area contributed by atoms with Gasteiger partial charge in [0.25, 0.3) is 0 Å². The number of nitrogens with one attached hydrogen (secondary N) is 2. The van der Waals surface area contributed by atoms with E-state index < -0.39 is 12.1 Å². The molecule has 0 aliphatic heterocycles. The molecule has 40 heavy (non-hydrogen) atoms. The highest BCUT2D eigenvalue weighted by atomic mass is 16.5. The number of anilines is 2. The number of methoxy groups -OCH3 is 1. The minimum absolute atomic E-state index is 0.286. The molecule has 0 bridgehead atoms. The highest BCUT2D eigenvalue weighted by molar-refractivity contribution is 5.92. The molecular formula is C33H36N2O5. The molecule has 4 aromatic rings. The lowest BCUT2D eigenvalue weighted by Crippen LogP contribution is -2.24. The Kier molecular flexibility index (Phi) is 10.6. The van der Waals surface area contributed by atoms with Crippen LogP contribution >= 0.6 is 0 Å². The van der Waals surface area contributed by atoms with E-state index in [0.717, 1.165) is 29.1 Å². The molecule has 0 aliphatic rings. The van der Waals surface area contributed by atoms with Crippen molar-refractivity contribution in [2.75, 3.05) is 32.1 Å². The fourth-order valence-corrected chi connectivity index (χ4v) is 4.20. The Morgan fingerprint density at radius 3 is 2.23 bits per heavy atom. The Hall–Kier alpha value is -4.33. The van der Waals surface area contributed by atoms with Crippen molar-refractivity contribution in [1.82, 2.24) is 5.32 Å². The van der Waals surface area contributed by atoms with E-state index in [2.05, 4.69) is 34.9 Å². The summed E-state index contributed by atoms with van der Waals surface area (Å²) < 4.78 is 16.3. The zero-order valence-corrected chi connectivity index (χ0v) is 22.9. The highest BCUT2D eigenvalue weighted by Crippen LogP contribution is 2.26. The Morgan fingerprint density at radius 2 is 1.55 bits per heavy atom. The van der Waals surface area contributed by atoms with Crippen molar-refractivity contribution in [3.63, 3.8) is 0 Å². The van der Waals surface area contributed by atoms with Gasteiger partial charge >= 0.3 is 5.97 Å². The summed E-state index contributed by atoms with van der Waals surface area (Å²) in [5.74, 6) is 0.764. The van der Waals surface area contributed by atoms with E-state index in [4.69, 9.17) is 14.2 Å². The van der Waals surface area contributed by atoms with Gasteiger partial charge in [-0.2, -0.15) is 0 Å². The molecule has 0 aromatic heterocycles. The van der Waals surface area contributed by atoms with Gasteiger partial charge in [-0.15, -0.1) is 0 Å². The molecule has 7 heteroatoms. The summed E-state index contributed by atoms with van der Waals surface area (Å²) in [5, 5.41) is 17.4. The monoisotopic (exact) mass is 540 g/mol. The lowest BCUT2D eigenvalue weighted by molar-refractivity contribution is 0.0595. The van der Waals surface area contributed by atoms with Crippen molar-refractivity contribution in [2.45, 2.75) is 26.1 Å². The predicted molar refractivity (Wildman–Crippen MR) is 157 cm³/mol. The molecule has 0 aliphatic carbocycles. The van der Waals surface area contributed by atoms with Gasteiger partial charge in [0.15, 0.2) is 0 Å². The van der Waals surface area contributed by atoms with Crippen LogP contribution in [0, 0.1) is 0 Å². The summed E-state index contributed by atoms with van der Waals surface area (Å²) in [6.07, 6.45) is 0.0303. The second-order valence-electron chi connectivity index (χ2n) is 9.27. The molecule has 1 atom stereocenters. The second-order valence-corrected chi connectivity index (χ2v) is 9.27. The molecule has 0 unspecified atom stereocenters. The van der Waals surface area contributed by atoms with Gasteiger partial charge in [0, 0.05) is 17.9 Å². The molecule has 0 spiro atoms. The van der Waals surface area contributed by atoms with Gasteiger partial charge in [-0.05, 0) is 85.1 Å².